The van der Waals surface area contributed by atoms with Crippen molar-refractivity contribution >= 4 is 29.3 Å². The fraction of sp³-hybridized carbons (Fsp3) is 0.429. The van der Waals surface area contributed by atoms with E-state index in [4.69, 9.17) is 4.74 Å². The Bertz CT molecular complexity index is 459. The van der Waals surface area contributed by atoms with Crippen LogP contribution >= 0.6 is 11.3 Å². The van der Waals surface area contributed by atoms with E-state index in [1.165, 1.54) is 7.11 Å². The number of hydrogen-bond acceptors (Lipinski definition) is 4. The van der Waals surface area contributed by atoms with Crippen LogP contribution in [0.15, 0.2) is 23.6 Å². The fourth-order valence-corrected chi connectivity index (χ4v) is 2.77. The van der Waals surface area contributed by atoms with Crippen LogP contribution in [-0.4, -0.2) is 37.0 Å². The molecule has 0 spiro atoms. The molecule has 1 fully saturated rings. The molecule has 0 N–H and O–H groups in total. The summed E-state index contributed by atoms with van der Waals surface area (Å²) in [7, 11) is 1.41. The van der Waals surface area contributed by atoms with Crippen molar-refractivity contribution in [3.63, 3.8) is 0 Å². The first-order valence-electron chi connectivity index (χ1n) is 6.29. The van der Waals surface area contributed by atoms with Gasteiger partial charge in [0.25, 0.3) is 0 Å². The van der Waals surface area contributed by atoms with Gasteiger partial charge in [-0.15, -0.1) is 11.3 Å². The van der Waals surface area contributed by atoms with E-state index in [9.17, 15) is 9.59 Å². The maximum atomic E-state index is 12.0. The number of likely N-dealkylation sites (tertiary alicyclic amines) is 1. The van der Waals surface area contributed by atoms with Crippen molar-refractivity contribution < 1.29 is 14.3 Å². The summed E-state index contributed by atoms with van der Waals surface area (Å²) in [6.45, 7) is 1.24. The summed E-state index contributed by atoms with van der Waals surface area (Å²) in [5.74, 6) is -0.215. The van der Waals surface area contributed by atoms with Gasteiger partial charge in [0.1, 0.15) is 0 Å². The van der Waals surface area contributed by atoms with Gasteiger partial charge in [0, 0.05) is 24.0 Å². The number of carbonyl (C=O) groups excluding carboxylic acids is 2. The summed E-state index contributed by atoms with van der Waals surface area (Å²) in [5, 5.41) is 1.98. The largest absolute Gasteiger partial charge is 0.469 e. The molecular weight excluding hydrogens is 262 g/mol. The maximum Gasteiger partial charge on any atom is 0.308 e. The molecule has 102 valence electrons. The summed E-state index contributed by atoms with van der Waals surface area (Å²) < 4.78 is 4.73. The van der Waals surface area contributed by atoms with Crippen LogP contribution in [0.25, 0.3) is 6.08 Å². The van der Waals surface area contributed by atoms with Gasteiger partial charge < -0.3 is 9.64 Å². The van der Waals surface area contributed by atoms with Crippen molar-refractivity contribution in [2.45, 2.75) is 12.8 Å². The van der Waals surface area contributed by atoms with E-state index in [2.05, 4.69) is 0 Å². The summed E-state index contributed by atoms with van der Waals surface area (Å²) in [4.78, 5) is 26.2. The number of amides is 1. The van der Waals surface area contributed by atoms with Crippen molar-refractivity contribution in [1.82, 2.24) is 4.90 Å². The third-order valence-corrected chi connectivity index (χ3v) is 4.11. The first-order chi connectivity index (χ1) is 9.20. The second kappa shape index (κ2) is 6.52. The molecule has 0 saturated carbocycles. The normalized spacial score (nSPS) is 16.8. The van der Waals surface area contributed by atoms with Gasteiger partial charge in [-0.3, -0.25) is 9.59 Å². The molecule has 0 unspecified atom stereocenters. The second-order valence-electron chi connectivity index (χ2n) is 4.47. The van der Waals surface area contributed by atoms with Gasteiger partial charge >= 0.3 is 5.97 Å². The van der Waals surface area contributed by atoms with Crippen molar-refractivity contribution in [3.05, 3.63) is 28.5 Å². The van der Waals surface area contributed by atoms with Crippen molar-refractivity contribution in [2.75, 3.05) is 20.2 Å². The number of methoxy groups -OCH3 is 1. The standard InChI is InChI=1S/C14H17NO3S/c1-18-14(17)11-6-8-15(9-7-11)13(16)5-4-12-3-2-10-19-12/h2-5,10-11H,6-9H2,1H3/b5-4+. The molecule has 1 amide bonds. The SMILES string of the molecule is COC(=O)C1CCN(C(=O)/C=C/c2cccs2)CC1. The summed E-state index contributed by atoms with van der Waals surface area (Å²) >= 11 is 1.60. The van der Waals surface area contributed by atoms with Crippen LogP contribution in [0, 0.1) is 5.92 Å². The second-order valence-corrected chi connectivity index (χ2v) is 5.45. The smallest absolute Gasteiger partial charge is 0.308 e. The molecule has 0 aromatic carbocycles. The highest BCUT2D eigenvalue weighted by Gasteiger charge is 2.26. The summed E-state index contributed by atoms with van der Waals surface area (Å²) in [6, 6.07) is 3.93. The van der Waals surface area contributed by atoms with Gasteiger partial charge in [0.05, 0.1) is 13.0 Å². The first-order valence-corrected chi connectivity index (χ1v) is 7.17. The number of carbonyl (C=O) groups is 2. The highest BCUT2D eigenvalue weighted by Crippen LogP contribution is 2.19. The highest BCUT2D eigenvalue weighted by molar-refractivity contribution is 7.10. The van der Waals surface area contributed by atoms with E-state index >= 15 is 0 Å². The Balaban J connectivity index is 1.84. The number of nitrogens with zero attached hydrogens (tertiary/aromatic N) is 1. The summed E-state index contributed by atoms with van der Waals surface area (Å²) in [6.07, 6.45) is 4.81. The summed E-state index contributed by atoms with van der Waals surface area (Å²) in [5.41, 5.74) is 0. The topological polar surface area (TPSA) is 46.6 Å². The monoisotopic (exact) mass is 279 g/mol. The zero-order valence-electron chi connectivity index (χ0n) is 10.9. The Morgan fingerprint density at radius 2 is 2.16 bits per heavy atom. The lowest BCUT2D eigenvalue weighted by molar-refractivity contribution is -0.148. The lowest BCUT2D eigenvalue weighted by atomic mass is 9.97. The lowest BCUT2D eigenvalue weighted by Crippen LogP contribution is -2.39. The number of rotatable bonds is 3. The van der Waals surface area contributed by atoms with Gasteiger partial charge in [0.15, 0.2) is 0 Å². The Labute approximate surface area is 116 Å². The quantitative estimate of drug-likeness (QED) is 0.629. The minimum absolute atomic E-state index is 0.0108. The Morgan fingerprint density at radius 1 is 1.42 bits per heavy atom. The molecule has 0 aliphatic carbocycles. The van der Waals surface area contributed by atoms with Crippen LogP contribution in [-0.2, 0) is 14.3 Å². The van der Waals surface area contributed by atoms with Gasteiger partial charge in [-0.05, 0) is 30.4 Å². The number of piperidine rings is 1. The molecule has 1 saturated heterocycles. The van der Waals surface area contributed by atoms with E-state index in [0.717, 1.165) is 4.88 Å². The van der Waals surface area contributed by atoms with E-state index in [1.807, 2.05) is 23.6 Å². The maximum absolute atomic E-state index is 12.0. The number of hydrogen-bond donors (Lipinski definition) is 0. The molecule has 0 bridgehead atoms. The Kier molecular flexibility index (Phi) is 4.74. The third kappa shape index (κ3) is 3.67. The average molecular weight is 279 g/mol. The highest BCUT2D eigenvalue weighted by atomic mass is 32.1. The Hall–Kier alpha value is -1.62. The third-order valence-electron chi connectivity index (χ3n) is 3.27. The molecular formula is C14H17NO3S. The molecule has 0 radical (unpaired) electrons. The predicted octanol–water partition coefficient (Wildman–Crippen LogP) is 2.17. The van der Waals surface area contributed by atoms with Gasteiger partial charge in [-0.2, -0.15) is 0 Å². The van der Waals surface area contributed by atoms with Crippen LogP contribution in [0.3, 0.4) is 0 Å². The van der Waals surface area contributed by atoms with Crippen LogP contribution in [0.2, 0.25) is 0 Å². The molecule has 19 heavy (non-hydrogen) atoms. The average Bonchev–Trinajstić information content (AvgIpc) is 2.97. The molecule has 1 aliphatic rings. The van der Waals surface area contributed by atoms with Crippen molar-refractivity contribution in [2.24, 2.45) is 5.92 Å². The van der Waals surface area contributed by atoms with Crippen LogP contribution < -0.4 is 0 Å². The van der Waals surface area contributed by atoms with Crippen LogP contribution in [0.4, 0.5) is 0 Å². The fourth-order valence-electron chi connectivity index (χ4n) is 2.15. The number of thiophene rings is 1. The molecule has 1 aromatic heterocycles. The molecule has 5 heteroatoms. The van der Waals surface area contributed by atoms with Crippen molar-refractivity contribution in [1.29, 1.82) is 0 Å². The molecule has 1 aromatic rings. The van der Waals surface area contributed by atoms with E-state index in [0.29, 0.717) is 25.9 Å². The molecule has 4 nitrogen and oxygen atoms in total. The molecule has 0 atom stereocenters. The predicted molar refractivity (Wildman–Crippen MR) is 74.7 cm³/mol. The van der Waals surface area contributed by atoms with Gasteiger partial charge in [-0.25, -0.2) is 0 Å². The minimum atomic E-state index is -0.166. The van der Waals surface area contributed by atoms with Gasteiger partial charge in [0.2, 0.25) is 5.91 Å². The van der Waals surface area contributed by atoms with Crippen LogP contribution in [0.1, 0.15) is 17.7 Å². The van der Waals surface area contributed by atoms with E-state index in [1.54, 1.807) is 22.3 Å². The Morgan fingerprint density at radius 3 is 2.74 bits per heavy atom. The number of esters is 1. The minimum Gasteiger partial charge on any atom is -0.469 e. The zero-order valence-corrected chi connectivity index (χ0v) is 11.7. The van der Waals surface area contributed by atoms with Crippen LogP contribution in [0.5, 0.6) is 0 Å². The van der Waals surface area contributed by atoms with Gasteiger partial charge in [-0.1, -0.05) is 6.07 Å². The van der Waals surface area contributed by atoms with Crippen molar-refractivity contribution in [3.8, 4) is 0 Å². The molecule has 1 aliphatic heterocycles. The number of ether oxygens (including phenoxy) is 1. The zero-order chi connectivity index (χ0) is 13.7. The lowest BCUT2D eigenvalue weighted by Gasteiger charge is -2.29. The molecule has 2 rings (SSSR count). The first kappa shape index (κ1) is 13.8. The van der Waals surface area contributed by atoms with E-state index in [-0.39, 0.29) is 17.8 Å². The molecule has 2 heterocycles. The van der Waals surface area contributed by atoms with E-state index < -0.39 is 0 Å².